The summed E-state index contributed by atoms with van der Waals surface area (Å²) in [5.74, 6) is 0. The average Bonchev–Trinajstić information content (AvgIpc) is 2.63. The van der Waals surface area contributed by atoms with Crippen LogP contribution in [0.2, 0.25) is 0 Å². The molecule has 0 aliphatic carbocycles. The lowest BCUT2D eigenvalue weighted by molar-refractivity contribution is 1.23. The van der Waals surface area contributed by atoms with Crippen molar-refractivity contribution < 1.29 is 0 Å². The highest BCUT2D eigenvalue weighted by Gasteiger charge is 2.34. The van der Waals surface area contributed by atoms with Gasteiger partial charge in [0.15, 0.2) is 0 Å². The van der Waals surface area contributed by atoms with Crippen LogP contribution in [0.15, 0.2) is 58.8 Å². The lowest BCUT2D eigenvalue weighted by Gasteiger charge is -2.29. The summed E-state index contributed by atoms with van der Waals surface area (Å²) in [7, 11) is 3.68. The standard InChI is InChI=1S/C18H19PS3/c1-5-14(4)19(20)15-10-12(2)6-8-17(15)21-22-18-9-7-13(3)11-16(18)19/h5-11,14H,1H2,2-4H3. The Morgan fingerprint density at radius 2 is 1.45 bits per heavy atom. The normalized spacial score (nSPS) is 17.0. The lowest BCUT2D eigenvalue weighted by atomic mass is 10.2. The van der Waals surface area contributed by atoms with Crippen molar-refractivity contribution in [3.63, 3.8) is 0 Å². The molecule has 3 rings (SSSR count). The Morgan fingerprint density at radius 1 is 1.00 bits per heavy atom. The van der Waals surface area contributed by atoms with Crippen LogP contribution in [0.1, 0.15) is 18.1 Å². The first kappa shape index (κ1) is 16.4. The third-order valence-electron chi connectivity index (χ3n) is 4.08. The first-order chi connectivity index (χ1) is 10.5. The molecule has 0 bridgehead atoms. The van der Waals surface area contributed by atoms with Crippen molar-refractivity contribution in [2.45, 2.75) is 36.2 Å². The van der Waals surface area contributed by atoms with E-state index in [-0.39, 0.29) is 0 Å². The first-order valence-electron chi connectivity index (χ1n) is 7.26. The molecule has 2 aromatic rings. The van der Waals surface area contributed by atoms with Gasteiger partial charge in [-0.2, -0.15) is 0 Å². The van der Waals surface area contributed by atoms with Gasteiger partial charge in [-0.05, 0) is 38.1 Å². The van der Waals surface area contributed by atoms with E-state index in [0.29, 0.717) is 5.66 Å². The Labute approximate surface area is 146 Å². The molecule has 0 amide bonds. The summed E-state index contributed by atoms with van der Waals surface area (Å²) in [5.41, 5.74) is 2.86. The van der Waals surface area contributed by atoms with Crippen LogP contribution >= 0.6 is 27.6 Å². The van der Waals surface area contributed by atoms with Crippen LogP contribution in [0.4, 0.5) is 0 Å². The van der Waals surface area contributed by atoms with Crippen molar-refractivity contribution >= 4 is 50.0 Å². The molecule has 0 fully saturated rings. The lowest BCUT2D eigenvalue weighted by Crippen LogP contribution is -2.24. The van der Waals surface area contributed by atoms with Gasteiger partial charge in [-0.3, -0.25) is 0 Å². The zero-order chi connectivity index (χ0) is 15.9. The summed E-state index contributed by atoms with van der Waals surface area (Å²) in [4.78, 5) is 2.64. The maximum Gasteiger partial charge on any atom is 0.0274 e. The van der Waals surface area contributed by atoms with Crippen molar-refractivity contribution in [3.8, 4) is 0 Å². The zero-order valence-corrected chi connectivity index (χ0v) is 16.3. The van der Waals surface area contributed by atoms with E-state index in [4.69, 9.17) is 11.8 Å². The highest BCUT2D eigenvalue weighted by Crippen LogP contribution is 2.57. The van der Waals surface area contributed by atoms with Gasteiger partial charge >= 0.3 is 0 Å². The minimum atomic E-state index is -1.91. The molecule has 0 saturated heterocycles. The predicted molar refractivity (Wildman–Crippen MR) is 107 cm³/mol. The van der Waals surface area contributed by atoms with Gasteiger partial charge in [-0.25, -0.2) is 0 Å². The van der Waals surface area contributed by atoms with E-state index >= 15 is 0 Å². The molecule has 1 aliphatic rings. The molecule has 0 spiro atoms. The smallest absolute Gasteiger partial charge is 0.0274 e. The molecule has 1 aliphatic heterocycles. The van der Waals surface area contributed by atoms with Gasteiger partial charge in [0.2, 0.25) is 0 Å². The topological polar surface area (TPSA) is 0 Å². The van der Waals surface area contributed by atoms with Crippen molar-refractivity contribution in [1.29, 1.82) is 0 Å². The number of fused-ring (bicyclic) bond motifs is 2. The monoisotopic (exact) mass is 362 g/mol. The Kier molecular flexibility index (Phi) is 4.62. The fraction of sp³-hybridized carbons (Fsp3) is 0.222. The second-order valence-corrected chi connectivity index (χ2v) is 12.8. The van der Waals surface area contributed by atoms with Crippen LogP contribution in [-0.2, 0) is 11.8 Å². The second kappa shape index (κ2) is 6.20. The summed E-state index contributed by atoms with van der Waals surface area (Å²) in [6, 6.07) is 11.5. The Bertz CT molecular complexity index is 737. The summed E-state index contributed by atoms with van der Waals surface area (Å²) in [5, 5.41) is 2.72. The van der Waals surface area contributed by atoms with Crippen LogP contribution in [0.25, 0.3) is 0 Å². The van der Waals surface area contributed by atoms with Crippen molar-refractivity contribution in [1.82, 2.24) is 0 Å². The molecule has 0 nitrogen and oxygen atoms in total. The number of aryl methyl sites for hydroxylation is 2. The van der Waals surface area contributed by atoms with E-state index in [0.717, 1.165) is 0 Å². The van der Waals surface area contributed by atoms with Gasteiger partial charge in [0.25, 0.3) is 0 Å². The van der Waals surface area contributed by atoms with Gasteiger partial charge in [0.1, 0.15) is 0 Å². The van der Waals surface area contributed by atoms with Crippen LogP contribution in [-0.4, -0.2) is 5.66 Å². The molecule has 1 unspecified atom stereocenters. The second-order valence-electron chi connectivity index (χ2n) is 5.74. The molecule has 1 heterocycles. The van der Waals surface area contributed by atoms with Crippen LogP contribution < -0.4 is 10.6 Å². The van der Waals surface area contributed by atoms with Gasteiger partial charge in [-0.1, -0.05) is 69.7 Å². The molecule has 0 N–H and O–H groups in total. The van der Waals surface area contributed by atoms with E-state index < -0.39 is 6.04 Å². The third-order valence-corrected chi connectivity index (χ3v) is 12.6. The maximum atomic E-state index is 6.40. The predicted octanol–water partition coefficient (Wildman–Crippen LogP) is 5.42. The molecule has 0 saturated carbocycles. The largest absolute Gasteiger partial charge is 0.102 e. The molecule has 2 aromatic carbocycles. The first-order valence-corrected chi connectivity index (χ1v) is 12.3. The molecule has 114 valence electrons. The van der Waals surface area contributed by atoms with Crippen LogP contribution in [0, 0.1) is 13.8 Å². The van der Waals surface area contributed by atoms with E-state index in [2.05, 4.69) is 63.7 Å². The van der Waals surface area contributed by atoms with Crippen molar-refractivity contribution in [2.24, 2.45) is 0 Å². The van der Waals surface area contributed by atoms with E-state index in [1.807, 2.05) is 27.7 Å². The van der Waals surface area contributed by atoms with Crippen molar-refractivity contribution in [3.05, 3.63) is 60.2 Å². The fourth-order valence-electron chi connectivity index (χ4n) is 2.72. The number of benzene rings is 2. The zero-order valence-electron chi connectivity index (χ0n) is 13.0. The maximum absolute atomic E-state index is 6.40. The molecule has 1 atom stereocenters. The minimum Gasteiger partial charge on any atom is -0.102 e. The molecule has 4 heteroatoms. The summed E-state index contributed by atoms with van der Waals surface area (Å²) in [6.45, 7) is 10.6. The third kappa shape index (κ3) is 2.63. The molecule has 0 radical (unpaired) electrons. The highest BCUT2D eigenvalue weighted by molar-refractivity contribution is 8.77. The summed E-state index contributed by atoms with van der Waals surface area (Å²) >= 11 is 6.40. The Balaban J connectivity index is 2.39. The number of hydrogen-bond donors (Lipinski definition) is 0. The molecule has 0 aromatic heterocycles. The quantitative estimate of drug-likeness (QED) is 0.398. The molecule has 22 heavy (non-hydrogen) atoms. The van der Waals surface area contributed by atoms with Gasteiger partial charge in [-0.15, -0.1) is 6.58 Å². The van der Waals surface area contributed by atoms with E-state index in [9.17, 15) is 0 Å². The fourth-order valence-corrected chi connectivity index (χ4v) is 10.9. The van der Waals surface area contributed by atoms with Crippen molar-refractivity contribution in [2.75, 3.05) is 0 Å². The van der Waals surface area contributed by atoms with Gasteiger partial charge < -0.3 is 0 Å². The summed E-state index contributed by atoms with van der Waals surface area (Å²) < 4.78 is 0. The molecular weight excluding hydrogens is 343 g/mol. The summed E-state index contributed by atoms with van der Waals surface area (Å²) in [6.07, 6.45) is 2.04. The number of hydrogen-bond acceptors (Lipinski definition) is 3. The average molecular weight is 363 g/mol. The number of allylic oxidation sites excluding steroid dienone is 1. The SMILES string of the molecule is C=CC(C)P1(=S)c2cc(C)ccc2SSc2ccc(C)cc21. The van der Waals surface area contributed by atoms with Crippen LogP contribution in [0.3, 0.4) is 0 Å². The van der Waals surface area contributed by atoms with E-state index in [1.165, 1.54) is 31.5 Å². The van der Waals surface area contributed by atoms with Gasteiger partial charge in [0.05, 0.1) is 0 Å². The minimum absolute atomic E-state index is 0.294. The van der Waals surface area contributed by atoms with E-state index in [1.54, 1.807) is 0 Å². The highest BCUT2D eigenvalue weighted by atomic mass is 33.1. The van der Waals surface area contributed by atoms with Gasteiger partial charge in [0, 0.05) is 32.1 Å². The molecular formula is C18H19PS3. The van der Waals surface area contributed by atoms with Crippen LogP contribution in [0.5, 0.6) is 0 Å². The number of rotatable bonds is 2. The Morgan fingerprint density at radius 3 is 1.86 bits per heavy atom. The Hall–Kier alpha value is -0.470.